The maximum absolute atomic E-state index is 12.5. The van der Waals surface area contributed by atoms with Crippen molar-refractivity contribution in [2.45, 2.75) is 49.5 Å². The number of hydrogen-bond acceptors (Lipinski definition) is 3. The van der Waals surface area contributed by atoms with Crippen molar-refractivity contribution in [3.8, 4) is 0 Å². The van der Waals surface area contributed by atoms with E-state index in [0.29, 0.717) is 12.3 Å². The molecule has 1 amide bonds. The zero-order valence-corrected chi connectivity index (χ0v) is 20.1. The molecule has 34 heavy (non-hydrogen) atoms. The predicted molar refractivity (Wildman–Crippen MR) is 135 cm³/mol. The first-order chi connectivity index (χ1) is 16.6. The molecule has 0 saturated carbocycles. The van der Waals surface area contributed by atoms with Gasteiger partial charge in [-0.3, -0.25) is 9.78 Å². The molecule has 2 unspecified atom stereocenters. The number of carbonyl (C=O) groups excluding carboxylic acids is 1. The van der Waals surface area contributed by atoms with E-state index in [-0.39, 0.29) is 17.4 Å². The van der Waals surface area contributed by atoms with E-state index in [4.69, 9.17) is 11.6 Å². The summed E-state index contributed by atoms with van der Waals surface area (Å²) in [6, 6.07) is 19.7. The van der Waals surface area contributed by atoms with Crippen LogP contribution in [-0.2, 0) is 16.6 Å². The van der Waals surface area contributed by atoms with Crippen LogP contribution in [0.4, 0.5) is 0 Å². The van der Waals surface area contributed by atoms with Gasteiger partial charge in [-0.2, -0.15) is 0 Å². The number of halogens is 1. The number of aryl methyl sites for hydroxylation is 1. The van der Waals surface area contributed by atoms with Crippen molar-refractivity contribution in [3.63, 3.8) is 0 Å². The lowest BCUT2D eigenvalue weighted by Crippen LogP contribution is -2.48. The fourth-order valence-corrected chi connectivity index (χ4v) is 6.71. The van der Waals surface area contributed by atoms with Crippen LogP contribution in [0.5, 0.6) is 0 Å². The molecule has 6 rings (SSSR count). The van der Waals surface area contributed by atoms with Crippen LogP contribution in [0.25, 0.3) is 0 Å². The predicted octanol–water partition coefficient (Wildman–Crippen LogP) is 5.08. The Labute approximate surface area is 206 Å². The number of nitrogens with one attached hydrogen (secondary N) is 1. The summed E-state index contributed by atoms with van der Waals surface area (Å²) in [7, 11) is 0. The largest absolute Gasteiger partial charge is 0.353 e. The van der Waals surface area contributed by atoms with Crippen LogP contribution >= 0.6 is 11.6 Å². The molecule has 2 aromatic carbocycles. The molecule has 174 valence electrons. The van der Waals surface area contributed by atoms with E-state index in [1.807, 2.05) is 24.4 Å². The third kappa shape index (κ3) is 3.83. The van der Waals surface area contributed by atoms with E-state index in [1.165, 1.54) is 22.3 Å². The van der Waals surface area contributed by atoms with Gasteiger partial charge in [-0.15, -0.1) is 0 Å². The first-order valence-electron chi connectivity index (χ1n) is 12.4. The summed E-state index contributed by atoms with van der Waals surface area (Å²) in [5, 5.41) is 4.10. The molecule has 4 nitrogen and oxygen atoms in total. The number of hydrogen-bond donors (Lipinski definition) is 1. The highest BCUT2D eigenvalue weighted by atomic mass is 35.5. The molecular formula is C29H30ClN3O. The molecule has 1 fully saturated rings. The van der Waals surface area contributed by atoms with E-state index in [9.17, 15) is 4.79 Å². The second kappa shape index (κ2) is 8.83. The third-order valence-corrected chi connectivity index (χ3v) is 8.36. The molecule has 2 aliphatic carbocycles. The Morgan fingerprint density at radius 2 is 1.88 bits per heavy atom. The number of nitrogens with zero attached hydrogens (tertiary/aromatic N) is 2. The summed E-state index contributed by atoms with van der Waals surface area (Å²) in [5.41, 5.74) is 7.00. The number of fused-ring (bicyclic) bond motifs is 8. The van der Waals surface area contributed by atoms with Gasteiger partial charge >= 0.3 is 0 Å². The molecule has 0 radical (unpaired) electrons. The Bertz CT molecular complexity index is 1210. The monoisotopic (exact) mass is 471 g/mol. The number of pyridine rings is 1. The fourth-order valence-electron chi connectivity index (χ4n) is 6.54. The topological polar surface area (TPSA) is 45.2 Å². The minimum absolute atomic E-state index is 0.0291. The van der Waals surface area contributed by atoms with Gasteiger partial charge in [0, 0.05) is 60.8 Å². The summed E-state index contributed by atoms with van der Waals surface area (Å²) in [4.78, 5) is 19.2. The Kier molecular flexibility index (Phi) is 5.66. The van der Waals surface area contributed by atoms with Crippen LogP contribution < -0.4 is 5.32 Å². The lowest BCUT2D eigenvalue weighted by Gasteiger charge is -2.40. The van der Waals surface area contributed by atoms with Crippen molar-refractivity contribution in [1.82, 2.24) is 15.2 Å². The number of benzene rings is 2. The number of amides is 1. The smallest absolute Gasteiger partial charge is 0.220 e. The zero-order valence-electron chi connectivity index (χ0n) is 19.3. The van der Waals surface area contributed by atoms with Gasteiger partial charge < -0.3 is 10.2 Å². The summed E-state index contributed by atoms with van der Waals surface area (Å²) in [5.74, 6) is 0.632. The fraction of sp³-hybridized carbons (Fsp3) is 0.379. The average Bonchev–Trinajstić information content (AvgIpc) is 3.36. The van der Waals surface area contributed by atoms with Crippen molar-refractivity contribution in [2.24, 2.45) is 0 Å². The van der Waals surface area contributed by atoms with E-state index < -0.39 is 0 Å². The van der Waals surface area contributed by atoms with Gasteiger partial charge in [-0.05, 0) is 71.7 Å². The van der Waals surface area contributed by atoms with Crippen LogP contribution in [0.3, 0.4) is 0 Å². The van der Waals surface area contributed by atoms with Crippen molar-refractivity contribution in [2.75, 3.05) is 19.6 Å². The molecule has 0 spiro atoms. The molecule has 2 bridgehead atoms. The van der Waals surface area contributed by atoms with Gasteiger partial charge in [0.1, 0.15) is 0 Å². The number of piperidine rings is 1. The van der Waals surface area contributed by atoms with E-state index in [2.05, 4.69) is 51.6 Å². The Hall–Kier alpha value is -2.69. The van der Waals surface area contributed by atoms with Crippen molar-refractivity contribution in [1.29, 1.82) is 0 Å². The number of likely N-dealkylation sites (tertiary alicyclic amines) is 1. The molecule has 3 aromatic rings. The number of carbonyl (C=O) groups is 1. The highest BCUT2D eigenvalue weighted by Gasteiger charge is 2.53. The molecule has 3 aliphatic rings. The van der Waals surface area contributed by atoms with Gasteiger partial charge in [0.25, 0.3) is 0 Å². The van der Waals surface area contributed by atoms with Gasteiger partial charge in [-0.25, -0.2) is 0 Å². The first-order valence-corrected chi connectivity index (χ1v) is 12.8. The standard InChI is InChI=1S/C29H30ClN3O/c30-21-8-9-24-25-17-29(27(24)16-21,26-6-2-1-5-23(25)26)19-33-14-11-22(12-15-33)32-28(34)10-7-20-4-3-13-31-18-20/h1-6,8-9,13,16,18,22,25H,7,10-12,14-15,17,19H2,(H,32,34). The molecule has 1 N–H and O–H groups in total. The van der Waals surface area contributed by atoms with E-state index in [1.54, 1.807) is 6.20 Å². The van der Waals surface area contributed by atoms with Crippen molar-refractivity contribution >= 4 is 17.5 Å². The molecular weight excluding hydrogens is 442 g/mol. The van der Waals surface area contributed by atoms with Crippen LogP contribution in [0.15, 0.2) is 67.0 Å². The molecule has 5 heteroatoms. The van der Waals surface area contributed by atoms with Crippen LogP contribution in [0.2, 0.25) is 5.02 Å². The lowest BCUT2D eigenvalue weighted by atomic mass is 9.74. The molecule has 1 aliphatic heterocycles. The molecule has 1 aromatic heterocycles. The SMILES string of the molecule is O=C(CCc1cccnc1)NC1CCN(CC23CC(c4ccccc42)c2ccc(Cl)cc23)CC1. The second-order valence-electron chi connectivity index (χ2n) is 10.1. The summed E-state index contributed by atoms with van der Waals surface area (Å²) < 4.78 is 0. The van der Waals surface area contributed by atoms with Gasteiger partial charge in [0.05, 0.1) is 0 Å². The van der Waals surface area contributed by atoms with Crippen molar-refractivity contribution in [3.05, 3.63) is 99.8 Å². The highest BCUT2D eigenvalue weighted by molar-refractivity contribution is 6.30. The van der Waals surface area contributed by atoms with Crippen LogP contribution in [0, 0.1) is 0 Å². The summed E-state index contributed by atoms with van der Waals surface area (Å²) >= 11 is 6.47. The van der Waals surface area contributed by atoms with Crippen LogP contribution in [-0.4, -0.2) is 41.5 Å². The molecule has 1 saturated heterocycles. The highest BCUT2D eigenvalue weighted by Crippen LogP contribution is 2.60. The van der Waals surface area contributed by atoms with Crippen LogP contribution in [0.1, 0.15) is 59.4 Å². The first kappa shape index (κ1) is 21.8. The quantitative estimate of drug-likeness (QED) is 0.545. The maximum atomic E-state index is 12.5. The Morgan fingerprint density at radius 3 is 2.71 bits per heavy atom. The van der Waals surface area contributed by atoms with E-state index >= 15 is 0 Å². The second-order valence-corrected chi connectivity index (χ2v) is 10.6. The van der Waals surface area contributed by atoms with Gasteiger partial charge in [0.15, 0.2) is 0 Å². The molecule has 2 heterocycles. The summed E-state index contributed by atoms with van der Waals surface area (Å²) in [6.45, 7) is 3.05. The van der Waals surface area contributed by atoms with Crippen molar-refractivity contribution < 1.29 is 4.79 Å². The average molecular weight is 472 g/mol. The molecule has 2 atom stereocenters. The van der Waals surface area contributed by atoms with E-state index in [0.717, 1.165) is 55.9 Å². The number of rotatable bonds is 6. The normalized spacial score (nSPS) is 23.5. The zero-order chi connectivity index (χ0) is 23.1. The van der Waals surface area contributed by atoms with Gasteiger partial charge in [-0.1, -0.05) is 48.0 Å². The third-order valence-electron chi connectivity index (χ3n) is 8.12. The minimum atomic E-state index is 0.0291. The lowest BCUT2D eigenvalue weighted by molar-refractivity contribution is -0.122. The Morgan fingerprint density at radius 1 is 1.06 bits per heavy atom. The summed E-state index contributed by atoms with van der Waals surface area (Å²) in [6.07, 6.45) is 8.01. The van der Waals surface area contributed by atoms with Gasteiger partial charge in [0.2, 0.25) is 5.91 Å². The maximum Gasteiger partial charge on any atom is 0.220 e. The Balaban J connectivity index is 1.11. The minimum Gasteiger partial charge on any atom is -0.353 e. The number of aromatic nitrogens is 1.